The molecule has 0 saturated carbocycles. The number of para-hydroxylation sites is 1. The Kier molecular flexibility index (Phi) is 3.21. The predicted molar refractivity (Wildman–Crippen MR) is 80.4 cm³/mol. The van der Waals surface area contributed by atoms with Crippen LogP contribution in [0, 0.1) is 0 Å². The van der Waals surface area contributed by atoms with Crippen LogP contribution in [0.15, 0.2) is 35.5 Å². The number of sulfone groups is 1. The number of anilines is 1. The van der Waals surface area contributed by atoms with E-state index in [1.807, 2.05) is 24.3 Å². The van der Waals surface area contributed by atoms with Crippen molar-refractivity contribution in [1.29, 1.82) is 0 Å². The molecular formula is C13H13N5O3S. The molecule has 0 spiro atoms. The van der Waals surface area contributed by atoms with E-state index in [-0.39, 0.29) is 11.1 Å². The van der Waals surface area contributed by atoms with E-state index in [0.29, 0.717) is 5.69 Å². The number of aromatic nitrogens is 4. The molecule has 9 heteroatoms. The van der Waals surface area contributed by atoms with Gasteiger partial charge >= 0.3 is 0 Å². The van der Waals surface area contributed by atoms with Crippen LogP contribution in [0.25, 0.3) is 10.9 Å². The third-order valence-electron chi connectivity index (χ3n) is 3.23. The summed E-state index contributed by atoms with van der Waals surface area (Å²) in [6, 6.07) is 9.32. The van der Waals surface area contributed by atoms with Crippen LogP contribution in [-0.2, 0) is 16.9 Å². The fraction of sp³-hybridized carbons (Fsp3) is 0.154. The average molecular weight is 319 g/mol. The van der Waals surface area contributed by atoms with E-state index in [4.69, 9.17) is 0 Å². The number of amides is 1. The van der Waals surface area contributed by atoms with E-state index in [9.17, 15) is 13.2 Å². The zero-order valence-electron chi connectivity index (χ0n) is 11.9. The van der Waals surface area contributed by atoms with Crippen LogP contribution >= 0.6 is 0 Å². The minimum absolute atomic E-state index is 0.0873. The van der Waals surface area contributed by atoms with Gasteiger partial charge in [-0.15, -0.1) is 5.10 Å². The van der Waals surface area contributed by atoms with Gasteiger partial charge in [0.1, 0.15) is 5.69 Å². The molecular weight excluding hydrogens is 306 g/mol. The second kappa shape index (κ2) is 4.95. The van der Waals surface area contributed by atoms with Gasteiger partial charge in [0, 0.05) is 24.2 Å². The summed E-state index contributed by atoms with van der Waals surface area (Å²) in [5, 5.41) is 9.06. The molecule has 0 bridgehead atoms. The first-order chi connectivity index (χ1) is 10.4. The lowest BCUT2D eigenvalue weighted by atomic mass is 10.2. The Labute approximate surface area is 126 Å². The first-order valence-corrected chi connectivity index (χ1v) is 8.23. The highest BCUT2D eigenvalue weighted by atomic mass is 32.2. The van der Waals surface area contributed by atoms with E-state index in [1.54, 1.807) is 17.7 Å². The molecule has 0 fully saturated rings. The smallest absolute Gasteiger partial charge is 0.274 e. The minimum Gasteiger partial charge on any atom is -0.340 e. The van der Waals surface area contributed by atoms with Gasteiger partial charge in [0.25, 0.3) is 5.91 Å². The number of benzene rings is 1. The van der Waals surface area contributed by atoms with Crippen LogP contribution < -0.4 is 5.32 Å². The van der Waals surface area contributed by atoms with Crippen molar-refractivity contribution >= 4 is 32.6 Å². The van der Waals surface area contributed by atoms with Gasteiger partial charge in [-0.2, -0.15) is 4.98 Å². The molecule has 1 amide bonds. The maximum atomic E-state index is 12.3. The average Bonchev–Trinajstić information content (AvgIpc) is 3.04. The summed E-state index contributed by atoms with van der Waals surface area (Å²) < 4.78 is 24.4. The van der Waals surface area contributed by atoms with Gasteiger partial charge in [-0.1, -0.05) is 18.2 Å². The molecule has 0 unspecified atom stereocenters. The molecule has 8 nitrogen and oxygen atoms in total. The Morgan fingerprint density at radius 1 is 1.32 bits per heavy atom. The summed E-state index contributed by atoms with van der Waals surface area (Å²) in [5.41, 5.74) is 1.34. The fourth-order valence-corrected chi connectivity index (χ4v) is 2.60. The quantitative estimate of drug-likeness (QED) is 0.747. The van der Waals surface area contributed by atoms with Crippen LogP contribution in [0.4, 0.5) is 5.95 Å². The maximum absolute atomic E-state index is 12.3. The van der Waals surface area contributed by atoms with Gasteiger partial charge < -0.3 is 4.57 Å². The zero-order chi connectivity index (χ0) is 15.9. The van der Waals surface area contributed by atoms with E-state index >= 15 is 0 Å². The number of aryl methyl sites for hydroxylation is 1. The van der Waals surface area contributed by atoms with Gasteiger partial charge in [0.05, 0.1) is 0 Å². The number of hydrogen-bond donors (Lipinski definition) is 2. The summed E-state index contributed by atoms with van der Waals surface area (Å²) >= 11 is 0. The number of nitrogens with zero attached hydrogens (tertiary/aromatic N) is 3. The Morgan fingerprint density at radius 3 is 2.68 bits per heavy atom. The van der Waals surface area contributed by atoms with Crippen molar-refractivity contribution in [1.82, 2.24) is 19.7 Å². The Morgan fingerprint density at radius 2 is 2.05 bits per heavy atom. The molecule has 0 atom stereocenters. The molecule has 2 heterocycles. The largest absolute Gasteiger partial charge is 0.340 e. The summed E-state index contributed by atoms with van der Waals surface area (Å²) in [6.45, 7) is 0. The van der Waals surface area contributed by atoms with Crippen molar-refractivity contribution in [2.45, 2.75) is 5.16 Å². The molecule has 0 saturated heterocycles. The Balaban J connectivity index is 1.90. The number of hydrogen-bond acceptors (Lipinski definition) is 5. The molecule has 2 aromatic heterocycles. The first kappa shape index (κ1) is 14.3. The van der Waals surface area contributed by atoms with Crippen molar-refractivity contribution in [2.75, 3.05) is 11.6 Å². The molecule has 0 radical (unpaired) electrons. The van der Waals surface area contributed by atoms with Crippen LogP contribution in [-0.4, -0.2) is 40.3 Å². The molecule has 0 aliphatic heterocycles. The lowest BCUT2D eigenvalue weighted by Crippen LogP contribution is -2.16. The highest BCUT2D eigenvalue weighted by Crippen LogP contribution is 2.19. The summed E-state index contributed by atoms with van der Waals surface area (Å²) in [4.78, 5) is 16.0. The Bertz CT molecular complexity index is 971. The van der Waals surface area contributed by atoms with Crippen molar-refractivity contribution in [3.63, 3.8) is 0 Å². The molecule has 114 valence electrons. The molecule has 22 heavy (non-hydrogen) atoms. The topological polar surface area (TPSA) is 110 Å². The van der Waals surface area contributed by atoms with E-state index in [2.05, 4.69) is 20.5 Å². The highest BCUT2D eigenvalue weighted by Gasteiger charge is 2.17. The fourth-order valence-electron chi connectivity index (χ4n) is 2.14. The Hall–Kier alpha value is -2.68. The van der Waals surface area contributed by atoms with E-state index in [0.717, 1.165) is 17.2 Å². The molecule has 0 aliphatic rings. The highest BCUT2D eigenvalue weighted by molar-refractivity contribution is 7.90. The van der Waals surface area contributed by atoms with Gasteiger partial charge in [-0.25, -0.2) is 13.5 Å². The number of rotatable bonds is 3. The first-order valence-electron chi connectivity index (χ1n) is 6.34. The maximum Gasteiger partial charge on any atom is 0.274 e. The second-order valence-electron chi connectivity index (χ2n) is 4.84. The van der Waals surface area contributed by atoms with Crippen LogP contribution in [0.3, 0.4) is 0 Å². The lowest BCUT2D eigenvalue weighted by Gasteiger charge is -2.03. The van der Waals surface area contributed by atoms with Gasteiger partial charge in [0.15, 0.2) is 0 Å². The number of carbonyl (C=O) groups excluding carboxylic acids is 1. The van der Waals surface area contributed by atoms with Crippen molar-refractivity contribution in [3.8, 4) is 0 Å². The third-order valence-corrected chi connectivity index (χ3v) is 4.11. The van der Waals surface area contributed by atoms with E-state index in [1.165, 1.54) is 0 Å². The SMILES string of the molecule is Cn1c(C(=O)Nc2n[nH]c(S(C)(=O)=O)n2)cc2ccccc21. The predicted octanol–water partition coefficient (Wildman–Crippen LogP) is 0.952. The third kappa shape index (κ3) is 2.46. The number of H-pyrrole nitrogens is 1. The number of nitrogens with one attached hydrogen (secondary N) is 2. The summed E-state index contributed by atoms with van der Waals surface area (Å²) in [7, 11) is -1.72. The lowest BCUT2D eigenvalue weighted by molar-refractivity contribution is 0.101. The van der Waals surface area contributed by atoms with Crippen molar-refractivity contribution in [2.24, 2.45) is 7.05 Å². The zero-order valence-corrected chi connectivity index (χ0v) is 12.7. The monoisotopic (exact) mass is 319 g/mol. The molecule has 0 aliphatic carbocycles. The van der Waals surface area contributed by atoms with Crippen molar-refractivity contribution < 1.29 is 13.2 Å². The molecule has 3 rings (SSSR count). The molecule has 1 aromatic carbocycles. The number of carbonyl (C=O) groups is 1. The summed E-state index contributed by atoms with van der Waals surface area (Å²) in [5.74, 6) is -0.506. The number of fused-ring (bicyclic) bond motifs is 1. The van der Waals surface area contributed by atoms with Gasteiger partial charge in [-0.05, 0) is 12.1 Å². The second-order valence-corrected chi connectivity index (χ2v) is 6.77. The standard InChI is InChI=1S/C13H13N5O3S/c1-18-9-6-4-3-5-8(9)7-10(18)11(19)14-12-15-13(17-16-12)22(2,20)21/h3-7H,1-2H3,(H2,14,15,16,17,19). The molecule has 3 aromatic rings. The van der Waals surface area contributed by atoms with Gasteiger partial charge in [-0.3, -0.25) is 10.1 Å². The van der Waals surface area contributed by atoms with Crippen LogP contribution in [0.5, 0.6) is 0 Å². The normalized spacial score (nSPS) is 11.7. The molecule has 2 N–H and O–H groups in total. The minimum atomic E-state index is -3.50. The number of aromatic amines is 1. The van der Waals surface area contributed by atoms with Crippen molar-refractivity contribution in [3.05, 3.63) is 36.0 Å². The van der Waals surface area contributed by atoms with Crippen LogP contribution in [0.1, 0.15) is 10.5 Å². The van der Waals surface area contributed by atoms with Crippen LogP contribution in [0.2, 0.25) is 0 Å². The van der Waals surface area contributed by atoms with Gasteiger partial charge in [0.2, 0.25) is 20.9 Å². The summed E-state index contributed by atoms with van der Waals surface area (Å²) in [6.07, 6.45) is 1.00. The van der Waals surface area contributed by atoms with E-state index < -0.39 is 15.7 Å².